The van der Waals surface area contributed by atoms with E-state index < -0.39 is 0 Å². The lowest BCUT2D eigenvalue weighted by Gasteiger charge is -2.28. The highest BCUT2D eigenvalue weighted by molar-refractivity contribution is 6.13. The second-order valence-corrected chi connectivity index (χ2v) is 7.81. The van der Waals surface area contributed by atoms with Gasteiger partial charge in [0.2, 0.25) is 5.91 Å². The predicted molar refractivity (Wildman–Crippen MR) is 118 cm³/mol. The van der Waals surface area contributed by atoms with E-state index in [1.165, 1.54) is 0 Å². The van der Waals surface area contributed by atoms with E-state index in [1.54, 1.807) is 0 Å². The molecule has 1 amide bonds. The Balaban J connectivity index is 1.59. The summed E-state index contributed by atoms with van der Waals surface area (Å²) >= 11 is 0. The van der Waals surface area contributed by atoms with Crippen molar-refractivity contribution in [2.24, 2.45) is 18.9 Å². The van der Waals surface area contributed by atoms with Crippen LogP contribution in [0.5, 0.6) is 0 Å². The van der Waals surface area contributed by atoms with Crippen LogP contribution in [0.1, 0.15) is 29.7 Å². The molecule has 2 aromatic carbocycles. The molecule has 1 aliphatic carbocycles. The number of carbonyl (C=O) groups excluding carboxylic acids is 1. The van der Waals surface area contributed by atoms with Gasteiger partial charge in [0, 0.05) is 47.4 Å². The molecule has 2 unspecified atom stereocenters. The van der Waals surface area contributed by atoms with E-state index in [1.807, 2.05) is 49.5 Å². The molecule has 3 aromatic rings. The number of aryl methyl sites for hydroxylation is 1. The number of rotatable bonds is 5. The van der Waals surface area contributed by atoms with Crippen LogP contribution in [-0.2, 0) is 18.4 Å². The first-order chi connectivity index (χ1) is 14.1. The lowest BCUT2D eigenvalue weighted by molar-refractivity contribution is -0.126. The second-order valence-electron chi connectivity index (χ2n) is 7.81. The molecular weight excluding hydrogens is 358 g/mol. The summed E-state index contributed by atoms with van der Waals surface area (Å²) in [6, 6.07) is 18.2. The molecule has 2 atom stereocenters. The van der Waals surface area contributed by atoms with Crippen molar-refractivity contribution in [3.05, 3.63) is 83.6 Å². The highest BCUT2D eigenvalue weighted by Gasteiger charge is 2.34. The number of aromatic nitrogens is 1. The van der Waals surface area contributed by atoms with Crippen LogP contribution in [0.3, 0.4) is 0 Å². The van der Waals surface area contributed by atoms with Crippen molar-refractivity contribution in [2.45, 2.75) is 26.3 Å². The van der Waals surface area contributed by atoms with E-state index in [0.29, 0.717) is 18.7 Å². The summed E-state index contributed by atoms with van der Waals surface area (Å²) in [5, 5.41) is 13.2. The van der Waals surface area contributed by atoms with Crippen LogP contribution in [0.2, 0.25) is 0 Å². The average Bonchev–Trinajstić information content (AvgIpc) is 3.02. The molecule has 1 heterocycles. The van der Waals surface area contributed by atoms with Gasteiger partial charge in [-0.2, -0.15) is 0 Å². The SMILES string of the molecule is Cc1c(C(=N)C2CC=CCC2C(=O)NCc2ccccc2)c2ccccc2n1C. The molecule has 4 rings (SSSR count). The Morgan fingerprint density at radius 1 is 1.03 bits per heavy atom. The molecule has 4 heteroatoms. The van der Waals surface area contributed by atoms with Gasteiger partial charge in [-0.15, -0.1) is 0 Å². The standard InChI is InChI=1S/C25H27N3O/c1-17-23(21-14-8-9-15-22(21)28(17)2)24(26)19-12-6-7-13-20(19)25(29)27-16-18-10-4-3-5-11-18/h3-11,14-15,19-20,26H,12-13,16H2,1-2H3,(H,27,29). The Morgan fingerprint density at radius 2 is 1.69 bits per heavy atom. The molecule has 0 bridgehead atoms. The van der Waals surface area contributed by atoms with Crippen molar-refractivity contribution in [2.75, 3.05) is 0 Å². The zero-order chi connectivity index (χ0) is 20.4. The van der Waals surface area contributed by atoms with Crippen molar-refractivity contribution in [1.82, 2.24) is 9.88 Å². The van der Waals surface area contributed by atoms with Crippen LogP contribution >= 0.6 is 0 Å². The molecular formula is C25H27N3O. The number of nitrogens with one attached hydrogen (secondary N) is 2. The van der Waals surface area contributed by atoms with Crippen LogP contribution in [0.15, 0.2) is 66.7 Å². The molecule has 0 saturated carbocycles. The zero-order valence-electron chi connectivity index (χ0n) is 17.0. The fourth-order valence-corrected chi connectivity index (χ4v) is 4.39. The summed E-state index contributed by atoms with van der Waals surface area (Å²) in [5.41, 5.74) is 4.84. The molecule has 0 spiro atoms. The minimum Gasteiger partial charge on any atom is -0.352 e. The number of carbonyl (C=O) groups is 1. The van der Waals surface area contributed by atoms with Crippen LogP contribution < -0.4 is 5.32 Å². The van der Waals surface area contributed by atoms with Crippen LogP contribution in [-0.4, -0.2) is 16.2 Å². The van der Waals surface area contributed by atoms with Gasteiger partial charge in [-0.05, 0) is 31.4 Å². The monoisotopic (exact) mass is 385 g/mol. The number of benzene rings is 2. The molecule has 4 nitrogen and oxygen atoms in total. The lowest BCUT2D eigenvalue weighted by atomic mass is 9.77. The van der Waals surface area contributed by atoms with E-state index in [2.05, 4.69) is 41.1 Å². The van der Waals surface area contributed by atoms with Gasteiger partial charge in [-0.3, -0.25) is 4.79 Å². The molecule has 148 valence electrons. The first kappa shape index (κ1) is 19.2. The summed E-state index contributed by atoms with van der Waals surface area (Å²) in [6.07, 6.45) is 5.59. The number of amides is 1. The molecule has 0 aliphatic heterocycles. The third-order valence-electron chi connectivity index (χ3n) is 6.12. The largest absolute Gasteiger partial charge is 0.352 e. The van der Waals surface area contributed by atoms with E-state index >= 15 is 0 Å². The Bertz CT molecular complexity index is 1080. The number of nitrogens with zero attached hydrogens (tertiary/aromatic N) is 1. The summed E-state index contributed by atoms with van der Waals surface area (Å²) in [4.78, 5) is 13.0. The first-order valence-corrected chi connectivity index (χ1v) is 10.2. The summed E-state index contributed by atoms with van der Waals surface area (Å²) < 4.78 is 2.14. The lowest BCUT2D eigenvalue weighted by Crippen LogP contribution is -2.38. The van der Waals surface area contributed by atoms with E-state index in [-0.39, 0.29) is 17.7 Å². The number of fused-ring (bicyclic) bond motifs is 1. The molecule has 29 heavy (non-hydrogen) atoms. The van der Waals surface area contributed by atoms with Gasteiger partial charge in [-0.25, -0.2) is 0 Å². The zero-order valence-corrected chi connectivity index (χ0v) is 17.0. The third-order valence-corrected chi connectivity index (χ3v) is 6.12. The van der Waals surface area contributed by atoms with E-state index in [0.717, 1.165) is 34.1 Å². The topological polar surface area (TPSA) is 57.9 Å². The maximum absolute atomic E-state index is 13.0. The smallest absolute Gasteiger partial charge is 0.224 e. The molecule has 0 radical (unpaired) electrons. The summed E-state index contributed by atoms with van der Waals surface area (Å²) in [5.74, 6) is -0.291. The van der Waals surface area contributed by atoms with Crippen molar-refractivity contribution in [1.29, 1.82) is 5.41 Å². The average molecular weight is 386 g/mol. The Morgan fingerprint density at radius 3 is 2.45 bits per heavy atom. The molecule has 1 aromatic heterocycles. The molecule has 0 saturated heterocycles. The molecule has 0 fully saturated rings. The summed E-state index contributed by atoms with van der Waals surface area (Å²) in [7, 11) is 2.04. The van der Waals surface area contributed by atoms with E-state index in [9.17, 15) is 4.79 Å². The summed E-state index contributed by atoms with van der Waals surface area (Å²) in [6.45, 7) is 2.58. The Labute approximate surface area is 171 Å². The predicted octanol–water partition coefficient (Wildman–Crippen LogP) is 4.75. The minimum atomic E-state index is -0.213. The van der Waals surface area contributed by atoms with Crippen LogP contribution in [0, 0.1) is 24.2 Å². The van der Waals surface area contributed by atoms with Gasteiger partial charge in [-0.1, -0.05) is 60.7 Å². The van der Waals surface area contributed by atoms with Gasteiger partial charge in [0.25, 0.3) is 0 Å². The number of para-hydroxylation sites is 1. The maximum Gasteiger partial charge on any atom is 0.224 e. The van der Waals surface area contributed by atoms with E-state index in [4.69, 9.17) is 5.41 Å². The van der Waals surface area contributed by atoms with Crippen molar-refractivity contribution in [3.63, 3.8) is 0 Å². The molecule has 1 aliphatic rings. The minimum absolute atomic E-state index is 0.0332. The first-order valence-electron chi connectivity index (χ1n) is 10.2. The number of hydrogen-bond donors (Lipinski definition) is 2. The van der Waals surface area contributed by atoms with Gasteiger partial charge < -0.3 is 15.3 Å². The molecule has 2 N–H and O–H groups in total. The Hall–Kier alpha value is -3.14. The normalized spacial score (nSPS) is 18.7. The van der Waals surface area contributed by atoms with Gasteiger partial charge in [0.15, 0.2) is 0 Å². The Kier molecular flexibility index (Phi) is 5.34. The van der Waals surface area contributed by atoms with Crippen LogP contribution in [0.4, 0.5) is 0 Å². The third kappa shape index (κ3) is 3.63. The van der Waals surface area contributed by atoms with Gasteiger partial charge in [0.05, 0.1) is 5.92 Å². The fraction of sp³-hybridized carbons (Fsp3) is 0.280. The quantitative estimate of drug-likeness (QED) is 0.483. The highest BCUT2D eigenvalue weighted by Crippen LogP contribution is 2.34. The number of allylic oxidation sites excluding steroid dienone is 2. The van der Waals surface area contributed by atoms with Gasteiger partial charge in [0.1, 0.15) is 0 Å². The van der Waals surface area contributed by atoms with Crippen molar-refractivity contribution < 1.29 is 4.79 Å². The van der Waals surface area contributed by atoms with Crippen molar-refractivity contribution >= 4 is 22.5 Å². The fourth-order valence-electron chi connectivity index (χ4n) is 4.39. The highest BCUT2D eigenvalue weighted by atomic mass is 16.1. The maximum atomic E-state index is 13.0. The second kappa shape index (κ2) is 8.08. The van der Waals surface area contributed by atoms with Crippen LogP contribution in [0.25, 0.3) is 10.9 Å². The van der Waals surface area contributed by atoms with Gasteiger partial charge >= 0.3 is 0 Å². The number of hydrogen-bond acceptors (Lipinski definition) is 2. The van der Waals surface area contributed by atoms with Crippen molar-refractivity contribution in [3.8, 4) is 0 Å².